The first-order valence-electron chi connectivity index (χ1n) is 8.45. The topological polar surface area (TPSA) is 45.2 Å². The number of benzene rings is 2. The molecule has 4 nitrogen and oxygen atoms in total. The molecule has 0 aliphatic carbocycles. The van der Waals surface area contributed by atoms with E-state index in [0.717, 1.165) is 16.8 Å². The zero-order valence-corrected chi connectivity index (χ0v) is 14.3. The van der Waals surface area contributed by atoms with Crippen molar-refractivity contribution in [2.24, 2.45) is 0 Å². The monoisotopic (exact) mass is 347 g/mol. The Morgan fingerprint density at radius 3 is 2.69 bits per heavy atom. The van der Waals surface area contributed by atoms with Crippen molar-refractivity contribution in [1.29, 1.82) is 0 Å². The van der Waals surface area contributed by atoms with E-state index in [9.17, 15) is 9.18 Å². The molecule has 0 saturated carbocycles. The van der Waals surface area contributed by atoms with Crippen LogP contribution in [-0.2, 0) is 6.54 Å². The number of halogens is 1. The molecule has 1 amide bonds. The van der Waals surface area contributed by atoms with E-state index in [2.05, 4.69) is 10.3 Å². The van der Waals surface area contributed by atoms with Crippen LogP contribution in [0.25, 0.3) is 0 Å². The minimum absolute atomic E-state index is 0.0809. The largest absolute Gasteiger partial charge is 0.360 e. The summed E-state index contributed by atoms with van der Waals surface area (Å²) in [5, 5.41) is 3.42. The molecular formula is C21H18FN3O. The Balaban J connectivity index is 1.68. The highest BCUT2D eigenvalue weighted by Crippen LogP contribution is 2.34. The molecule has 3 aromatic rings. The second-order valence-corrected chi connectivity index (χ2v) is 6.41. The van der Waals surface area contributed by atoms with E-state index >= 15 is 0 Å². The number of hydrogen-bond donors (Lipinski definition) is 1. The minimum Gasteiger partial charge on any atom is -0.360 e. The number of aromatic nitrogens is 1. The first-order valence-corrected chi connectivity index (χ1v) is 8.45. The van der Waals surface area contributed by atoms with Crippen molar-refractivity contribution < 1.29 is 9.18 Å². The lowest BCUT2D eigenvalue weighted by Gasteiger charge is -2.26. The van der Waals surface area contributed by atoms with Crippen molar-refractivity contribution in [2.75, 3.05) is 5.32 Å². The van der Waals surface area contributed by atoms with Crippen LogP contribution in [-0.4, -0.2) is 15.8 Å². The van der Waals surface area contributed by atoms with Gasteiger partial charge in [0.15, 0.2) is 0 Å². The molecule has 1 N–H and O–H groups in total. The van der Waals surface area contributed by atoms with Crippen LogP contribution in [0.4, 0.5) is 10.1 Å². The standard InChI is InChI=1S/C21H18FN3O/c1-14-4-2-5-17(12-14)24-20-19-18(6-3-11-23-19)21(26)25(20)13-15-7-9-16(22)10-8-15/h2-12,20,24H,13H2,1H3. The molecule has 1 unspecified atom stereocenters. The molecule has 130 valence electrons. The van der Waals surface area contributed by atoms with Crippen molar-refractivity contribution in [3.63, 3.8) is 0 Å². The lowest BCUT2D eigenvalue weighted by atomic mass is 10.2. The average molecular weight is 347 g/mol. The fourth-order valence-corrected chi connectivity index (χ4v) is 3.22. The first kappa shape index (κ1) is 16.3. The normalized spacial score (nSPS) is 15.8. The van der Waals surface area contributed by atoms with Gasteiger partial charge in [-0.3, -0.25) is 9.78 Å². The third kappa shape index (κ3) is 3.04. The molecule has 26 heavy (non-hydrogen) atoms. The van der Waals surface area contributed by atoms with Gasteiger partial charge in [-0.1, -0.05) is 24.3 Å². The molecule has 1 atom stereocenters. The molecule has 0 radical (unpaired) electrons. The van der Waals surface area contributed by atoms with E-state index in [4.69, 9.17) is 0 Å². The third-order valence-corrected chi connectivity index (χ3v) is 4.49. The number of carbonyl (C=O) groups is 1. The van der Waals surface area contributed by atoms with Gasteiger partial charge in [0, 0.05) is 18.4 Å². The Hall–Kier alpha value is -3.21. The van der Waals surface area contributed by atoms with Gasteiger partial charge in [-0.25, -0.2) is 4.39 Å². The number of nitrogens with one attached hydrogen (secondary N) is 1. The van der Waals surface area contributed by atoms with Gasteiger partial charge in [0.05, 0.1) is 11.3 Å². The molecule has 0 bridgehead atoms. The number of aryl methyl sites for hydroxylation is 1. The molecule has 0 saturated heterocycles. The molecule has 0 fully saturated rings. The Bertz CT molecular complexity index is 955. The summed E-state index contributed by atoms with van der Waals surface area (Å²) >= 11 is 0. The minimum atomic E-state index is -0.370. The maximum Gasteiger partial charge on any atom is 0.258 e. The molecule has 2 aromatic carbocycles. The van der Waals surface area contributed by atoms with Gasteiger partial charge in [-0.2, -0.15) is 0 Å². The Labute approximate surface area is 151 Å². The zero-order valence-electron chi connectivity index (χ0n) is 14.3. The van der Waals surface area contributed by atoms with Gasteiger partial charge in [-0.15, -0.1) is 0 Å². The van der Waals surface area contributed by atoms with Crippen LogP contribution in [0.2, 0.25) is 0 Å². The van der Waals surface area contributed by atoms with Crippen LogP contribution in [0.1, 0.15) is 33.3 Å². The summed E-state index contributed by atoms with van der Waals surface area (Å²) in [6, 6.07) is 17.8. The van der Waals surface area contributed by atoms with E-state index in [1.807, 2.05) is 31.2 Å². The van der Waals surface area contributed by atoms with Gasteiger partial charge >= 0.3 is 0 Å². The summed E-state index contributed by atoms with van der Waals surface area (Å²) in [6.45, 7) is 2.40. The Kier molecular flexibility index (Phi) is 4.13. The number of nitrogens with zero attached hydrogens (tertiary/aromatic N) is 2. The SMILES string of the molecule is Cc1cccc(NC2c3ncccc3C(=O)N2Cc2ccc(F)cc2)c1. The van der Waals surface area contributed by atoms with Crippen LogP contribution in [0.15, 0.2) is 66.9 Å². The number of hydrogen-bond acceptors (Lipinski definition) is 3. The summed E-state index contributed by atoms with van der Waals surface area (Å²) < 4.78 is 13.2. The van der Waals surface area contributed by atoms with Crippen LogP contribution < -0.4 is 5.32 Å². The highest BCUT2D eigenvalue weighted by molar-refractivity contribution is 5.98. The second-order valence-electron chi connectivity index (χ2n) is 6.41. The fourth-order valence-electron chi connectivity index (χ4n) is 3.22. The number of fused-ring (bicyclic) bond motifs is 1. The third-order valence-electron chi connectivity index (χ3n) is 4.49. The molecule has 1 aliphatic rings. The number of amides is 1. The number of rotatable bonds is 4. The molecule has 0 spiro atoms. The molecule has 5 heteroatoms. The summed E-state index contributed by atoms with van der Waals surface area (Å²) in [5.74, 6) is -0.372. The average Bonchev–Trinajstić information content (AvgIpc) is 2.90. The summed E-state index contributed by atoms with van der Waals surface area (Å²) in [7, 11) is 0. The molecule has 2 heterocycles. The predicted molar refractivity (Wildman–Crippen MR) is 98.1 cm³/mol. The van der Waals surface area contributed by atoms with Crippen molar-refractivity contribution in [2.45, 2.75) is 19.6 Å². The lowest BCUT2D eigenvalue weighted by Crippen LogP contribution is -2.32. The zero-order chi connectivity index (χ0) is 18.1. The summed E-state index contributed by atoms with van der Waals surface area (Å²) in [6.07, 6.45) is 1.32. The van der Waals surface area contributed by atoms with Crippen LogP contribution in [0.5, 0.6) is 0 Å². The fraction of sp³-hybridized carbons (Fsp3) is 0.143. The van der Waals surface area contributed by atoms with E-state index in [1.54, 1.807) is 35.4 Å². The molecule has 1 aromatic heterocycles. The van der Waals surface area contributed by atoms with Crippen LogP contribution in [0, 0.1) is 12.7 Å². The highest BCUT2D eigenvalue weighted by Gasteiger charge is 2.37. The van der Waals surface area contributed by atoms with Gasteiger partial charge in [-0.05, 0) is 54.4 Å². The van der Waals surface area contributed by atoms with Crippen molar-refractivity contribution in [1.82, 2.24) is 9.88 Å². The van der Waals surface area contributed by atoms with Gasteiger partial charge in [0.25, 0.3) is 5.91 Å². The predicted octanol–water partition coefficient (Wildman–Crippen LogP) is 4.30. The van der Waals surface area contributed by atoms with Crippen LogP contribution in [0.3, 0.4) is 0 Å². The van der Waals surface area contributed by atoms with Crippen molar-refractivity contribution in [3.8, 4) is 0 Å². The smallest absolute Gasteiger partial charge is 0.258 e. The number of anilines is 1. The van der Waals surface area contributed by atoms with E-state index in [0.29, 0.717) is 17.8 Å². The molecule has 1 aliphatic heterocycles. The highest BCUT2D eigenvalue weighted by atomic mass is 19.1. The van der Waals surface area contributed by atoms with E-state index < -0.39 is 0 Å². The molecular weight excluding hydrogens is 329 g/mol. The van der Waals surface area contributed by atoms with E-state index in [1.165, 1.54) is 12.1 Å². The number of pyridine rings is 1. The summed E-state index contributed by atoms with van der Waals surface area (Å²) in [4.78, 5) is 19.1. The maximum atomic E-state index is 13.2. The van der Waals surface area contributed by atoms with Gasteiger partial charge in [0.2, 0.25) is 0 Å². The van der Waals surface area contributed by atoms with Crippen LogP contribution >= 0.6 is 0 Å². The first-order chi connectivity index (χ1) is 12.6. The quantitative estimate of drug-likeness (QED) is 0.765. The maximum absolute atomic E-state index is 13.2. The van der Waals surface area contributed by atoms with Crippen molar-refractivity contribution in [3.05, 3.63) is 95.1 Å². The lowest BCUT2D eigenvalue weighted by molar-refractivity contribution is 0.0728. The Morgan fingerprint density at radius 2 is 1.92 bits per heavy atom. The second kappa shape index (κ2) is 6.59. The van der Waals surface area contributed by atoms with Gasteiger partial charge in [0.1, 0.15) is 12.0 Å². The Morgan fingerprint density at radius 1 is 1.12 bits per heavy atom. The number of carbonyl (C=O) groups excluding carboxylic acids is 1. The van der Waals surface area contributed by atoms with Crippen molar-refractivity contribution >= 4 is 11.6 Å². The summed E-state index contributed by atoms with van der Waals surface area (Å²) in [5.41, 5.74) is 4.22. The molecule has 4 rings (SSSR count). The van der Waals surface area contributed by atoms with E-state index in [-0.39, 0.29) is 17.9 Å². The van der Waals surface area contributed by atoms with Gasteiger partial charge < -0.3 is 10.2 Å².